The lowest BCUT2D eigenvalue weighted by Gasteiger charge is -2.20. The zero-order chi connectivity index (χ0) is 12.7. The topological polar surface area (TPSA) is 40.5 Å². The number of carbonyl (C=O) groups is 1. The average Bonchev–Trinajstić information content (AvgIpc) is 2.92. The molecule has 0 radical (unpaired) electrons. The van der Waals surface area contributed by atoms with E-state index >= 15 is 0 Å². The van der Waals surface area contributed by atoms with Crippen LogP contribution in [0.5, 0.6) is 0 Å². The number of ketones is 1. The molecular formula is C15H19NO2. The van der Waals surface area contributed by atoms with Gasteiger partial charge in [0.1, 0.15) is 0 Å². The monoisotopic (exact) mass is 245 g/mol. The van der Waals surface area contributed by atoms with E-state index in [9.17, 15) is 9.90 Å². The number of fused-ring (bicyclic) bond motifs is 1. The Balaban J connectivity index is 1.75. The van der Waals surface area contributed by atoms with E-state index in [0.717, 1.165) is 31.5 Å². The second-order valence-corrected chi connectivity index (χ2v) is 5.58. The predicted octanol–water partition coefficient (Wildman–Crippen LogP) is 2.10. The van der Waals surface area contributed by atoms with E-state index in [-0.39, 0.29) is 11.9 Å². The maximum absolute atomic E-state index is 11.2. The van der Waals surface area contributed by atoms with Gasteiger partial charge in [-0.25, -0.2) is 0 Å². The molecule has 1 N–H and O–H groups in total. The number of rotatable bonds is 2. The number of anilines is 1. The lowest BCUT2D eigenvalue weighted by atomic mass is 10.00. The molecule has 1 aromatic carbocycles. The maximum Gasteiger partial charge on any atom is 0.159 e. The summed E-state index contributed by atoms with van der Waals surface area (Å²) in [5, 5.41) is 9.91. The first-order valence-electron chi connectivity index (χ1n) is 6.69. The van der Waals surface area contributed by atoms with Gasteiger partial charge in [-0.2, -0.15) is 0 Å². The maximum atomic E-state index is 11.2. The molecule has 1 aliphatic heterocycles. The summed E-state index contributed by atoms with van der Waals surface area (Å²) in [5.41, 5.74) is 1.93. The van der Waals surface area contributed by atoms with E-state index in [1.54, 1.807) is 6.92 Å². The first-order chi connectivity index (χ1) is 8.65. The van der Waals surface area contributed by atoms with Crippen molar-refractivity contribution in [2.45, 2.75) is 25.9 Å². The molecule has 1 aromatic rings. The Kier molecular flexibility index (Phi) is 2.86. The van der Waals surface area contributed by atoms with Crippen LogP contribution in [0.15, 0.2) is 24.3 Å². The molecule has 3 rings (SSSR count). The first kappa shape index (κ1) is 11.7. The van der Waals surface area contributed by atoms with Gasteiger partial charge in [0.05, 0.1) is 6.10 Å². The molecule has 96 valence electrons. The van der Waals surface area contributed by atoms with Gasteiger partial charge in [0, 0.05) is 30.3 Å². The van der Waals surface area contributed by atoms with Crippen molar-refractivity contribution in [3.63, 3.8) is 0 Å². The van der Waals surface area contributed by atoms with Gasteiger partial charge in [-0.1, -0.05) is 0 Å². The fourth-order valence-corrected chi connectivity index (χ4v) is 3.35. The van der Waals surface area contributed by atoms with Crippen LogP contribution in [0.25, 0.3) is 0 Å². The average molecular weight is 245 g/mol. The fourth-order valence-electron chi connectivity index (χ4n) is 3.35. The van der Waals surface area contributed by atoms with E-state index in [1.807, 2.05) is 24.3 Å². The zero-order valence-corrected chi connectivity index (χ0v) is 10.7. The molecule has 2 aliphatic rings. The summed E-state index contributed by atoms with van der Waals surface area (Å²) in [6, 6.07) is 7.82. The van der Waals surface area contributed by atoms with Crippen LogP contribution in [0.1, 0.15) is 30.1 Å². The number of hydrogen-bond acceptors (Lipinski definition) is 3. The molecule has 1 heterocycles. The van der Waals surface area contributed by atoms with Crippen LogP contribution in [-0.4, -0.2) is 30.1 Å². The van der Waals surface area contributed by atoms with E-state index < -0.39 is 0 Å². The molecule has 0 bridgehead atoms. The molecule has 18 heavy (non-hydrogen) atoms. The van der Waals surface area contributed by atoms with Crippen molar-refractivity contribution in [3.05, 3.63) is 29.8 Å². The molecule has 0 spiro atoms. The Morgan fingerprint density at radius 2 is 1.94 bits per heavy atom. The van der Waals surface area contributed by atoms with Crippen LogP contribution in [0.3, 0.4) is 0 Å². The normalized spacial score (nSPS) is 30.6. The summed E-state index contributed by atoms with van der Waals surface area (Å²) in [5.74, 6) is 1.19. The third kappa shape index (κ3) is 1.93. The molecule has 1 saturated heterocycles. The second-order valence-electron chi connectivity index (χ2n) is 5.58. The Labute approximate surface area is 107 Å². The summed E-state index contributed by atoms with van der Waals surface area (Å²) in [4.78, 5) is 13.6. The highest BCUT2D eigenvalue weighted by Crippen LogP contribution is 2.39. The largest absolute Gasteiger partial charge is 0.393 e. The van der Waals surface area contributed by atoms with Crippen molar-refractivity contribution in [2.75, 3.05) is 18.0 Å². The van der Waals surface area contributed by atoms with Gasteiger partial charge in [-0.3, -0.25) is 4.79 Å². The van der Waals surface area contributed by atoms with Crippen molar-refractivity contribution >= 4 is 11.5 Å². The van der Waals surface area contributed by atoms with Gasteiger partial charge in [0.25, 0.3) is 0 Å². The molecule has 3 unspecified atom stereocenters. The van der Waals surface area contributed by atoms with Crippen LogP contribution in [0, 0.1) is 11.8 Å². The highest BCUT2D eigenvalue weighted by molar-refractivity contribution is 5.94. The van der Waals surface area contributed by atoms with E-state index in [2.05, 4.69) is 4.90 Å². The number of Topliss-reactive ketones (excluding diaryl/α,β-unsaturated/α-hetero) is 1. The molecule has 3 nitrogen and oxygen atoms in total. The highest BCUT2D eigenvalue weighted by Gasteiger charge is 2.41. The SMILES string of the molecule is CC(=O)c1ccc(N2CC3CCC(O)C3C2)cc1. The predicted molar refractivity (Wildman–Crippen MR) is 70.9 cm³/mol. The molecule has 2 fully saturated rings. The van der Waals surface area contributed by atoms with Crippen LogP contribution in [0.4, 0.5) is 5.69 Å². The van der Waals surface area contributed by atoms with Crippen molar-refractivity contribution in [1.82, 2.24) is 0 Å². The Morgan fingerprint density at radius 1 is 1.22 bits per heavy atom. The van der Waals surface area contributed by atoms with Crippen LogP contribution in [-0.2, 0) is 0 Å². The Hall–Kier alpha value is -1.35. The number of aliphatic hydroxyl groups is 1. The number of aliphatic hydroxyl groups excluding tert-OH is 1. The van der Waals surface area contributed by atoms with E-state index in [0.29, 0.717) is 11.8 Å². The van der Waals surface area contributed by atoms with Gasteiger partial charge in [-0.05, 0) is 49.9 Å². The van der Waals surface area contributed by atoms with Gasteiger partial charge in [0.15, 0.2) is 5.78 Å². The lowest BCUT2D eigenvalue weighted by molar-refractivity contribution is 0.101. The van der Waals surface area contributed by atoms with Gasteiger partial charge < -0.3 is 10.0 Å². The second kappa shape index (κ2) is 4.39. The molecule has 3 heteroatoms. The Bertz CT molecular complexity index is 454. The van der Waals surface area contributed by atoms with E-state index in [1.165, 1.54) is 5.69 Å². The van der Waals surface area contributed by atoms with Gasteiger partial charge in [-0.15, -0.1) is 0 Å². The number of hydrogen-bond donors (Lipinski definition) is 1. The fraction of sp³-hybridized carbons (Fsp3) is 0.533. The minimum atomic E-state index is -0.114. The summed E-state index contributed by atoms with van der Waals surface area (Å²) >= 11 is 0. The van der Waals surface area contributed by atoms with E-state index in [4.69, 9.17) is 0 Å². The van der Waals surface area contributed by atoms with Crippen molar-refractivity contribution in [1.29, 1.82) is 0 Å². The quantitative estimate of drug-likeness (QED) is 0.811. The summed E-state index contributed by atoms with van der Waals surface area (Å²) in [6.45, 7) is 3.58. The number of benzene rings is 1. The zero-order valence-electron chi connectivity index (χ0n) is 10.7. The standard InChI is InChI=1S/C15H19NO2/c1-10(17)11-2-5-13(6-3-11)16-8-12-4-7-15(18)14(12)9-16/h2-3,5-6,12,14-15,18H,4,7-9H2,1H3. The van der Waals surface area contributed by atoms with Gasteiger partial charge >= 0.3 is 0 Å². The molecule has 1 saturated carbocycles. The highest BCUT2D eigenvalue weighted by atomic mass is 16.3. The summed E-state index contributed by atoms with van der Waals surface area (Å²) < 4.78 is 0. The van der Waals surface area contributed by atoms with Crippen molar-refractivity contribution in [2.24, 2.45) is 11.8 Å². The third-order valence-corrected chi connectivity index (χ3v) is 4.46. The van der Waals surface area contributed by atoms with Crippen molar-refractivity contribution in [3.8, 4) is 0 Å². The molecule has 0 aromatic heterocycles. The molecule has 3 atom stereocenters. The van der Waals surface area contributed by atoms with Crippen molar-refractivity contribution < 1.29 is 9.90 Å². The summed E-state index contributed by atoms with van der Waals surface area (Å²) in [6.07, 6.45) is 2.00. The molecular weight excluding hydrogens is 226 g/mol. The minimum Gasteiger partial charge on any atom is -0.393 e. The molecule has 1 aliphatic carbocycles. The minimum absolute atomic E-state index is 0.107. The lowest BCUT2D eigenvalue weighted by Crippen LogP contribution is -2.24. The van der Waals surface area contributed by atoms with Crippen LogP contribution >= 0.6 is 0 Å². The first-order valence-corrected chi connectivity index (χ1v) is 6.69. The smallest absolute Gasteiger partial charge is 0.159 e. The third-order valence-electron chi connectivity index (χ3n) is 4.46. The molecule has 0 amide bonds. The number of carbonyl (C=O) groups excluding carboxylic acids is 1. The van der Waals surface area contributed by atoms with Gasteiger partial charge in [0.2, 0.25) is 0 Å². The summed E-state index contributed by atoms with van der Waals surface area (Å²) in [7, 11) is 0. The number of nitrogens with zero attached hydrogens (tertiary/aromatic N) is 1. The Morgan fingerprint density at radius 3 is 2.56 bits per heavy atom. The van der Waals surface area contributed by atoms with Crippen LogP contribution in [0.2, 0.25) is 0 Å². The van der Waals surface area contributed by atoms with Crippen LogP contribution < -0.4 is 4.90 Å².